The topological polar surface area (TPSA) is 59.3 Å². The Morgan fingerprint density at radius 1 is 1.39 bits per heavy atom. The number of carbonyl (C=O) groups is 2. The van der Waals surface area contributed by atoms with Gasteiger partial charge in [-0.2, -0.15) is 0 Å². The van der Waals surface area contributed by atoms with E-state index in [2.05, 4.69) is 5.32 Å². The van der Waals surface area contributed by atoms with Gasteiger partial charge in [-0.1, -0.05) is 0 Å². The van der Waals surface area contributed by atoms with Crippen LogP contribution in [-0.4, -0.2) is 18.6 Å². The highest BCUT2D eigenvalue weighted by molar-refractivity contribution is 5.93. The maximum atomic E-state index is 11.7. The second-order valence-corrected chi connectivity index (χ2v) is 5.09. The molecule has 1 heterocycles. The first-order chi connectivity index (χ1) is 8.30. The van der Waals surface area contributed by atoms with Crippen LogP contribution in [0.5, 0.6) is 0 Å². The number of nitrogens with one attached hydrogen (secondary N) is 1. The van der Waals surface area contributed by atoms with Gasteiger partial charge in [0.15, 0.2) is 19.1 Å². The van der Waals surface area contributed by atoms with Crippen molar-refractivity contribution in [2.45, 2.75) is 20.8 Å². The van der Waals surface area contributed by atoms with Gasteiger partial charge in [-0.25, -0.2) is 4.57 Å². The summed E-state index contributed by atoms with van der Waals surface area (Å²) in [5.74, 6) is -0.616. The van der Waals surface area contributed by atoms with Gasteiger partial charge in [0, 0.05) is 6.07 Å². The normalized spacial score (nSPS) is 10.9. The van der Waals surface area contributed by atoms with Gasteiger partial charge in [0.25, 0.3) is 5.91 Å². The second-order valence-electron chi connectivity index (χ2n) is 5.09. The minimum absolute atomic E-state index is 0.118. The van der Waals surface area contributed by atoms with Crippen LogP contribution >= 0.6 is 0 Å². The summed E-state index contributed by atoms with van der Waals surface area (Å²) in [6.45, 7) is 5.16. The Labute approximate surface area is 107 Å². The van der Waals surface area contributed by atoms with Crippen LogP contribution in [0.2, 0.25) is 0 Å². The number of hydrogen-bond donors (Lipinski definition) is 1. The Balaban J connectivity index is 2.46. The molecule has 0 fully saturated rings. The molecule has 1 N–H and O–H groups in total. The van der Waals surface area contributed by atoms with E-state index in [1.165, 1.54) is 0 Å². The highest BCUT2D eigenvalue weighted by Gasteiger charge is 2.23. The van der Waals surface area contributed by atoms with Crippen molar-refractivity contribution in [3.8, 4) is 0 Å². The highest BCUT2D eigenvalue weighted by atomic mass is 16.5. The minimum Gasteiger partial charge on any atom is -0.444 e. The van der Waals surface area contributed by atoms with E-state index in [1.807, 2.05) is 13.2 Å². The van der Waals surface area contributed by atoms with Crippen LogP contribution < -0.4 is 9.88 Å². The molecular weight excluding hydrogens is 232 g/mol. The summed E-state index contributed by atoms with van der Waals surface area (Å²) in [5, 5.41) is 2.53. The molecule has 0 aliphatic heterocycles. The number of hydrogen-bond acceptors (Lipinski definition) is 3. The van der Waals surface area contributed by atoms with Crippen LogP contribution in [0.25, 0.3) is 0 Å². The lowest BCUT2D eigenvalue weighted by atomic mass is 9.98. The van der Waals surface area contributed by atoms with E-state index in [9.17, 15) is 9.59 Å². The summed E-state index contributed by atoms with van der Waals surface area (Å²) in [4.78, 5) is 23.2. The lowest BCUT2D eigenvalue weighted by molar-refractivity contribution is -0.671. The number of ether oxygens (including phenoxy) is 1. The SMILES string of the molecule is C[n+]1cccc(C(=O)NCOC(=O)C(C)(C)C)c1. The third-order valence-corrected chi connectivity index (χ3v) is 2.25. The van der Waals surface area contributed by atoms with Crippen molar-refractivity contribution in [3.05, 3.63) is 30.1 Å². The van der Waals surface area contributed by atoms with Gasteiger partial charge in [0.05, 0.1) is 5.41 Å². The van der Waals surface area contributed by atoms with E-state index in [0.717, 1.165) is 0 Å². The van der Waals surface area contributed by atoms with Gasteiger partial charge in [-0.3, -0.25) is 9.59 Å². The molecular formula is C13H19N2O3+. The fourth-order valence-electron chi connectivity index (χ4n) is 1.21. The van der Waals surface area contributed by atoms with Gasteiger partial charge >= 0.3 is 5.97 Å². The first-order valence-corrected chi connectivity index (χ1v) is 5.71. The van der Waals surface area contributed by atoms with Gasteiger partial charge in [0.1, 0.15) is 12.6 Å². The number of amides is 1. The lowest BCUT2D eigenvalue weighted by Gasteiger charge is -2.16. The van der Waals surface area contributed by atoms with Crippen LogP contribution in [0.4, 0.5) is 0 Å². The molecule has 0 aromatic carbocycles. The molecule has 1 aromatic heterocycles. The van der Waals surface area contributed by atoms with Gasteiger partial charge < -0.3 is 10.1 Å². The number of aromatic nitrogens is 1. The number of carbonyl (C=O) groups excluding carboxylic acids is 2. The quantitative estimate of drug-likeness (QED) is 0.491. The summed E-state index contributed by atoms with van der Waals surface area (Å²) < 4.78 is 6.73. The summed E-state index contributed by atoms with van der Waals surface area (Å²) in [6.07, 6.45) is 3.53. The molecule has 98 valence electrons. The zero-order chi connectivity index (χ0) is 13.8. The first kappa shape index (κ1) is 14.2. The van der Waals surface area contributed by atoms with E-state index < -0.39 is 5.41 Å². The van der Waals surface area contributed by atoms with E-state index in [0.29, 0.717) is 5.56 Å². The third kappa shape index (κ3) is 4.16. The molecule has 0 unspecified atom stereocenters. The smallest absolute Gasteiger partial charge is 0.312 e. The average Bonchev–Trinajstić information content (AvgIpc) is 2.27. The van der Waals surface area contributed by atoms with E-state index >= 15 is 0 Å². The fourth-order valence-corrected chi connectivity index (χ4v) is 1.21. The van der Waals surface area contributed by atoms with E-state index in [4.69, 9.17) is 4.74 Å². The Morgan fingerprint density at radius 3 is 2.61 bits per heavy atom. The summed E-state index contributed by atoms with van der Waals surface area (Å²) >= 11 is 0. The van der Waals surface area contributed by atoms with Crippen molar-refractivity contribution in [1.82, 2.24) is 5.32 Å². The molecule has 1 amide bonds. The molecule has 0 spiro atoms. The molecule has 0 saturated carbocycles. The third-order valence-electron chi connectivity index (χ3n) is 2.25. The Kier molecular flexibility index (Phi) is 4.42. The molecule has 1 rings (SSSR count). The predicted octanol–water partition coefficient (Wildman–Crippen LogP) is 0.788. The molecule has 1 aromatic rings. The zero-order valence-corrected chi connectivity index (χ0v) is 11.2. The van der Waals surface area contributed by atoms with Crippen LogP contribution in [0, 0.1) is 5.41 Å². The van der Waals surface area contributed by atoms with Crippen LogP contribution in [0.1, 0.15) is 31.1 Å². The monoisotopic (exact) mass is 251 g/mol. The van der Waals surface area contributed by atoms with Crippen LogP contribution in [-0.2, 0) is 16.6 Å². The molecule has 5 heteroatoms. The minimum atomic E-state index is -0.566. The fraction of sp³-hybridized carbons (Fsp3) is 0.462. The van der Waals surface area contributed by atoms with Crippen molar-refractivity contribution in [3.63, 3.8) is 0 Å². The van der Waals surface area contributed by atoms with E-state index in [-0.39, 0.29) is 18.6 Å². The van der Waals surface area contributed by atoms with Crippen LogP contribution in [0.3, 0.4) is 0 Å². The number of pyridine rings is 1. The Morgan fingerprint density at radius 2 is 2.06 bits per heavy atom. The van der Waals surface area contributed by atoms with Crippen molar-refractivity contribution in [2.24, 2.45) is 12.5 Å². The molecule has 0 aliphatic carbocycles. The van der Waals surface area contributed by atoms with Gasteiger partial charge in [-0.15, -0.1) is 0 Å². The first-order valence-electron chi connectivity index (χ1n) is 5.71. The second kappa shape index (κ2) is 5.62. The molecule has 5 nitrogen and oxygen atoms in total. The van der Waals surface area contributed by atoms with Gasteiger partial charge in [0.2, 0.25) is 0 Å². The number of esters is 1. The Bertz CT molecular complexity index is 450. The van der Waals surface area contributed by atoms with Crippen molar-refractivity contribution in [1.29, 1.82) is 0 Å². The molecule has 0 saturated heterocycles. The molecule has 0 bridgehead atoms. The lowest BCUT2D eigenvalue weighted by Crippen LogP contribution is -2.34. The predicted molar refractivity (Wildman–Crippen MR) is 65.5 cm³/mol. The summed E-state index contributed by atoms with van der Waals surface area (Å²) in [7, 11) is 1.83. The molecule has 0 radical (unpaired) electrons. The maximum Gasteiger partial charge on any atom is 0.312 e. The molecule has 0 aliphatic rings. The van der Waals surface area contributed by atoms with Crippen molar-refractivity contribution in [2.75, 3.05) is 6.73 Å². The van der Waals surface area contributed by atoms with Crippen LogP contribution in [0.15, 0.2) is 24.5 Å². The standard InChI is InChI=1S/C13H18N2O3/c1-13(2,3)12(17)18-9-14-11(16)10-6-5-7-15(4)8-10/h5-8H,9H2,1-4H3/p+1. The number of nitrogens with zero attached hydrogens (tertiary/aromatic N) is 1. The molecule has 0 atom stereocenters. The zero-order valence-electron chi connectivity index (χ0n) is 11.2. The number of rotatable bonds is 3. The van der Waals surface area contributed by atoms with E-state index in [1.54, 1.807) is 43.7 Å². The highest BCUT2D eigenvalue weighted by Crippen LogP contribution is 2.14. The summed E-state index contributed by atoms with van der Waals surface area (Å²) in [5.41, 5.74) is -0.0454. The van der Waals surface area contributed by atoms with Crippen molar-refractivity contribution < 1.29 is 18.9 Å². The maximum absolute atomic E-state index is 11.7. The van der Waals surface area contributed by atoms with Crippen molar-refractivity contribution >= 4 is 11.9 Å². The summed E-state index contributed by atoms with van der Waals surface area (Å²) in [6, 6.07) is 3.47. The Hall–Kier alpha value is -1.91. The van der Waals surface area contributed by atoms with Gasteiger partial charge in [-0.05, 0) is 26.8 Å². The average molecular weight is 251 g/mol. The largest absolute Gasteiger partial charge is 0.444 e. The molecule has 18 heavy (non-hydrogen) atoms. The number of aryl methyl sites for hydroxylation is 1.